The fourth-order valence-corrected chi connectivity index (χ4v) is 7.07. The summed E-state index contributed by atoms with van der Waals surface area (Å²) in [5.41, 5.74) is 8.17. The molecule has 0 N–H and O–H groups in total. The molecule has 0 aromatic heterocycles. The monoisotopic (exact) mass is 602 g/mol. The van der Waals surface area contributed by atoms with Crippen LogP contribution >= 0.6 is 0 Å². The van der Waals surface area contributed by atoms with Crippen LogP contribution < -0.4 is 9.47 Å². The van der Waals surface area contributed by atoms with E-state index in [9.17, 15) is 4.79 Å². The number of carbonyl (C=O) groups excluding carboxylic acids is 1. The van der Waals surface area contributed by atoms with Crippen LogP contribution in [0.15, 0.2) is 84.9 Å². The summed E-state index contributed by atoms with van der Waals surface area (Å²) in [6.45, 7) is 17.0. The third-order valence-electron chi connectivity index (χ3n) is 9.96. The lowest BCUT2D eigenvalue weighted by Gasteiger charge is -2.35. The van der Waals surface area contributed by atoms with Gasteiger partial charge in [0.2, 0.25) is 0 Å². The van der Waals surface area contributed by atoms with Crippen LogP contribution in [-0.2, 0) is 10.2 Å². The topological polar surface area (TPSA) is 35.5 Å². The normalized spacial score (nSPS) is 14.8. The molecule has 0 radical (unpaired) electrons. The maximum Gasteiger partial charge on any atom is 0.316 e. The number of hydrogen-bond acceptors (Lipinski definition) is 3. The van der Waals surface area contributed by atoms with Crippen LogP contribution in [0, 0.1) is 19.3 Å². The Morgan fingerprint density at radius 1 is 0.689 bits per heavy atom. The number of benzene rings is 4. The van der Waals surface area contributed by atoms with Crippen LogP contribution in [0.25, 0.3) is 11.1 Å². The van der Waals surface area contributed by atoms with E-state index in [1.54, 1.807) is 0 Å². The van der Waals surface area contributed by atoms with Crippen molar-refractivity contribution in [2.75, 3.05) is 0 Å². The Morgan fingerprint density at radius 2 is 1.22 bits per heavy atom. The number of aryl methyl sites for hydroxylation is 2. The Labute approximate surface area is 271 Å². The molecule has 4 aromatic rings. The van der Waals surface area contributed by atoms with Gasteiger partial charge in [-0.2, -0.15) is 0 Å². The Bertz CT molecular complexity index is 1630. The zero-order chi connectivity index (χ0) is 32.4. The lowest BCUT2D eigenvalue weighted by atomic mass is 9.67. The van der Waals surface area contributed by atoms with Gasteiger partial charge in [0.05, 0.1) is 10.8 Å². The molecule has 0 aliphatic heterocycles. The molecule has 0 bridgehead atoms. The number of unbranched alkanes of at least 4 members (excludes halogenated alkanes) is 1. The number of ether oxygens (including phenoxy) is 2. The number of carbonyl (C=O) groups is 1. The summed E-state index contributed by atoms with van der Waals surface area (Å²) in [6.07, 6.45) is 5.92. The van der Waals surface area contributed by atoms with Crippen molar-refractivity contribution < 1.29 is 14.3 Å². The summed E-state index contributed by atoms with van der Waals surface area (Å²) < 4.78 is 12.8. The van der Waals surface area contributed by atoms with Crippen LogP contribution in [0.3, 0.4) is 0 Å². The number of rotatable bonds is 12. The predicted octanol–water partition coefficient (Wildman–Crippen LogP) is 11.1. The number of esters is 1. The molecule has 1 atom stereocenters. The molecule has 3 heteroatoms. The summed E-state index contributed by atoms with van der Waals surface area (Å²) in [5.74, 6) is 1.39. The maximum atomic E-state index is 13.2. The molecule has 5 rings (SSSR count). The lowest BCUT2D eigenvalue weighted by Crippen LogP contribution is -2.32. The quantitative estimate of drug-likeness (QED) is 0.105. The first-order valence-corrected chi connectivity index (χ1v) is 16.8. The fraction of sp³-hybridized carbons (Fsp3) is 0.405. The van der Waals surface area contributed by atoms with Crippen molar-refractivity contribution in [2.45, 2.75) is 105 Å². The van der Waals surface area contributed by atoms with Gasteiger partial charge in [-0.15, -0.1) is 0 Å². The van der Waals surface area contributed by atoms with Crippen molar-refractivity contribution in [1.29, 1.82) is 0 Å². The maximum absolute atomic E-state index is 13.2. The molecule has 0 saturated carbocycles. The number of hydrogen-bond donors (Lipinski definition) is 0. The van der Waals surface area contributed by atoms with Gasteiger partial charge in [-0.3, -0.25) is 4.79 Å². The molecule has 1 unspecified atom stereocenters. The van der Waals surface area contributed by atoms with Gasteiger partial charge < -0.3 is 9.47 Å². The van der Waals surface area contributed by atoms with Crippen LogP contribution in [0.4, 0.5) is 0 Å². The molecule has 0 saturated heterocycles. The van der Waals surface area contributed by atoms with Gasteiger partial charge in [0.1, 0.15) is 17.1 Å². The second-order valence-electron chi connectivity index (χ2n) is 13.8. The van der Waals surface area contributed by atoms with E-state index in [2.05, 4.69) is 113 Å². The lowest BCUT2D eigenvalue weighted by molar-refractivity contribution is -0.144. The summed E-state index contributed by atoms with van der Waals surface area (Å²) in [4.78, 5) is 13.2. The molecule has 0 heterocycles. The Kier molecular flexibility index (Phi) is 9.31. The average Bonchev–Trinajstić information content (AvgIpc) is 3.33. The Balaban J connectivity index is 1.66. The van der Waals surface area contributed by atoms with Crippen molar-refractivity contribution in [3.8, 4) is 22.6 Å². The van der Waals surface area contributed by atoms with Crippen LogP contribution in [0.2, 0.25) is 0 Å². The fourth-order valence-electron chi connectivity index (χ4n) is 7.07. The summed E-state index contributed by atoms with van der Waals surface area (Å²) in [5, 5.41) is 0. The summed E-state index contributed by atoms with van der Waals surface area (Å²) >= 11 is 0. The smallest absolute Gasteiger partial charge is 0.316 e. The van der Waals surface area contributed by atoms with Crippen LogP contribution in [0.5, 0.6) is 11.5 Å². The van der Waals surface area contributed by atoms with Crippen LogP contribution in [0.1, 0.15) is 113 Å². The molecule has 1 aliphatic rings. The average molecular weight is 603 g/mol. The van der Waals surface area contributed by atoms with Gasteiger partial charge >= 0.3 is 5.97 Å². The van der Waals surface area contributed by atoms with Gasteiger partial charge in [0.25, 0.3) is 0 Å². The van der Waals surface area contributed by atoms with E-state index in [0.29, 0.717) is 5.75 Å². The zero-order valence-corrected chi connectivity index (χ0v) is 28.6. The van der Waals surface area contributed by atoms with E-state index in [0.717, 1.165) is 61.0 Å². The first-order valence-electron chi connectivity index (χ1n) is 16.8. The summed E-state index contributed by atoms with van der Waals surface area (Å²) in [7, 11) is 0. The molecular formula is C42H50O3. The molecule has 1 aliphatic carbocycles. The minimum absolute atomic E-state index is 0.175. The van der Waals surface area contributed by atoms with E-state index in [4.69, 9.17) is 9.47 Å². The molecule has 0 fully saturated rings. The molecular weight excluding hydrogens is 552 g/mol. The minimum Gasteiger partial charge on any atom is -0.487 e. The summed E-state index contributed by atoms with van der Waals surface area (Å²) in [6, 6.07) is 30.6. The molecule has 4 aromatic carbocycles. The highest BCUT2D eigenvalue weighted by molar-refractivity contribution is 5.86. The van der Waals surface area contributed by atoms with Crippen molar-refractivity contribution >= 4 is 5.97 Å². The van der Waals surface area contributed by atoms with E-state index in [1.807, 2.05) is 26.8 Å². The first kappa shape index (κ1) is 32.5. The largest absolute Gasteiger partial charge is 0.487 e. The van der Waals surface area contributed by atoms with Crippen molar-refractivity contribution in [1.82, 2.24) is 0 Å². The van der Waals surface area contributed by atoms with Gasteiger partial charge in [0, 0.05) is 0 Å². The zero-order valence-electron chi connectivity index (χ0n) is 28.6. The highest BCUT2D eigenvalue weighted by atomic mass is 16.5. The van der Waals surface area contributed by atoms with E-state index >= 15 is 0 Å². The van der Waals surface area contributed by atoms with Gasteiger partial charge in [-0.1, -0.05) is 113 Å². The van der Waals surface area contributed by atoms with Gasteiger partial charge in [0.15, 0.2) is 0 Å². The molecule has 236 valence electrons. The second-order valence-corrected chi connectivity index (χ2v) is 13.8. The van der Waals surface area contributed by atoms with E-state index in [-0.39, 0.29) is 11.6 Å². The molecule has 3 nitrogen and oxygen atoms in total. The Hall–Kier alpha value is -3.85. The molecule has 0 spiro atoms. The number of fused-ring (bicyclic) bond motifs is 3. The van der Waals surface area contributed by atoms with Crippen molar-refractivity contribution in [3.05, 3.63) is 118 Å². The van der Waals surface area contributed by atoms with Gasteiger partial charge in [-0.25, -0.2) is 0 Å². The van der Waals surface area contributed by atoms with E-state index < -0.39 is 10.8 Å². The SMILES string of the molecule is CCCCC(C)(C)C(=O)Oc1ccc(C2(c3ccc(OC(C)(CC)CCC)c(C)c3)c3ccccc3-c3ccccc32)cc1C. The van der Waals surface area contributed by atoms with E-state index in [1.165, 1.54) is 27.8 Å². The predicted molar refractivity (Wildman–Crippen MR) is 186 cm³/mol. The second kappa shape index (κ2) is 12.9. The Morgan fingerprint density at radius 3 is 1.71 bits per heavy atom. The highest BCUT2D eigenvalue weighted by Crippen LogP contribution is 2.56. The molecule has 45 heavy (non-hydrogen) atoms. The molecule has 0 amide bonds. The van der Waals surface area contributed by atoms with Crippen LogP contribution in [-0.4, -0.2) is 11.6 Å². The van der Waals surface area contributed by atoms with Crippen molar-refractivity contribution in [2.24, 2.45) is 5.41 Å². The highest BCUT2D eigenvalue weighted by Gasteiger charge is 2.46. The standard InChI is InChI=1S/C42H50O3/c1-9-12-26-40(6,7)39(43)44-37-23-21-31(27-29(37)4)42(35-19-15-13-17-33(35)34-18-14-16-20-36(34)42)32-22-24-38(30(5)28-32)45-41(8,11-3)25-10-2/h13-24,27-28H,9-12,25-26H2,1-8H3. The van der Waals surface area contributed by atoms with Gasteiger partial charge in [-0.05, 0) is 111 Å². The third kappa shape index (κ3) is 5.94. The van der Waals surface area contributed by atoms with Crippen molar-refractivity contribution in [3.63, 3.8) is 0 Å². The third-order valence-corrected chi connectivity index (χ3v) is 9.96. The first-order chi connectivity index (χ1) is 21.5. The minimum atomic E-state index is -0.540.